The van der Waals surface area contributed by atoms with Crippen LogP contribution in [-0.2, 0) is 15.7 Å². The van der Waals surface area contributed by atoms with Gasteiger partial charge in [0, 0.05) is 18.7 Å². The second-order valence-electron chi connectivity index (χ2n) is 6.50. The highest BCUT2D eigenvalue weighted by Gasteiger charge is 2.58. The summed E-state index contributed by atoms with van der Waals surface area (Å²) in [5.41, 5.74) is -3.59. The van der Waals surface area contributed by atoms with Gasteiger partial charge in [-0.2, -0.15) is 13.2 Å². The molecule has 1 aromatic carbocycles. The SMILES string of the molecule is CC[C@@]1(C)OC(=O)N(CCC(=O)Nc2cccc(C(F)(F)F)c2)[C@]1(C)O. The zero-order chi connectivity index (χ0) is 19.8. The van der Waals surface area contributed by atoms with Gasteiger partial charge in [-0.15, -0.1) is 0 Å². The highest BCUT2D eigenvalue weighted by Crippen LogP contribution is 2.39. The molecule has 0 spiro atoms. The molecular weight excluding hydrogens is 353 g/mol. The van der Waals surface area contributed by atoms with E-state index in [0.29, 0.717) is 6.42 Å². The third-order valence-electron chi connectivity index (χ3n) is 4.77. The smallest absolute Gasteiger partial charge is 0.416 e. The van der Waals surface area contributed by atoms with Gasteiger partial charge < -0.3 is 15.2 Å². The van der Waals surface area contributed by atoms with Crippen molar-refractivity contribution in [1.82, 2.24) is 4.90 Å². The maximum absolute atomic E-state index is 12.7. The minimum Gasteiger partial charge on any atom is -0.438 e. The fourth-order valence-electron chi connectivity index (χ4n) is 2.73. The summed E-state index contributed by atoms with van der Waals surface area (Å²) < 4.78 is 43.3. The van der Waals surface area contributed by atoms with E-state index in [9.17, 15) is 27.9 Å². The average molecular weight is 374 g/mol. The fraction of sp³-hybridized carbons (Fsp3) is 0.529. The third kappa shape index (κ3) is 3.77. The van der Waals surface area contributed by atoms with Crippen molar-refractivity contribution in [2.24, 2.45) is 0 Å². The molecule has 0 unspecified atom stereocenters. The topological polar surface area (TPSA) is 78.9 Å². The Morgan fingerprint density at radius 1 is 1.35 bits per heavy atom. The summed E-state index contributed by atoms with van der Waals surface area (Å²) in [6.07, 6.45) is -5.09. The number of cyclic esters (lactones) is 1. The molecule has 2 amide bonds. The molecular formula is C17H21F3N2O4. The molecule has 1 aliphatic heterocycles. The largest absolute Gasteiger partial charge is 0.438 e. The maximum Gasteiger partial charge on any atom is 0.416 e. The van der Waals surface area contributed by atoms with Crippen molar-refractivity contribution in [1.29, 1.82) is 0 Å². The Hall–Kier alpha value is -2.29. The number of alkyl halides is 3. The quantitative estimate of drug-likeness (QED) is 0.828. The lowest BCUT2D eigenvalue weighted by atomic mass is 9.91. The van der Waals surface area contributed by atoms with Gasteiger partial charge in [0.25, 0.3) is 0 Å². The first kappa shape index (κ1) is 20.0. The Morgan fingerprint density at radius 3 is 2.54 bits per heavy atom. The lowest BCUT2D eigenvalue weighted by Crippen LogP contribution is -2.55. The average Bonchev–Trinajstić information content (AvgIpc) is 2.70. The molecule has 144 valence electrons. The van der Waals surface area contributed by atoms with Crippen LogP contribution >= 0.6 is 0 Å². The van der Waals surface area contributed by atoms with Crippen LogP contribution in [0.5, 0.6) is 0 Å². The zero-order valence-electron chi connectivity index (χ0n) is 14.7. The first-order valence-electron chi connectivity index (χ1n) is 8.11. The highest BCUT2D eigenvalue weighted by molar-refractivity contribution is 5.91. The monoisotopic (exact) mass is 374 g/mol. The van der Waals surface area contributed by atoms with Crippen LogP contribution in [0, 0.1) is 0 Å². The number of amides is 2. The van der Waals surface area contributed by atoms with Crippen LogP contribution in [0.4, 0.5) is 23.7 Å². The van der Waals surface area contributed by atoms with Crippen molar-refractivity contribution in [3.63, 3.8) is 0 Å². The van der Waals surface area contributed by atoms with Gasteiger partial charge in [0.2, 0.25) is 5.91 Å². The van der Waals surface area contributed by atoms with E-state index in [0.717, 1.165) is 17.0 Å². The van der Waals surface area contributed by atoms with E-state index in [4.69, 9.17) is 4.74 Å². The molecule has 0 bridgehead atoms. The van der Waals surface area contributed by atoms with E-state index in [-0.39, 0.29) is 18.7 Å². The van der Waals surface area contributed by atoms with Crippen LogP contribution < -0.4 is 5.32 Å². The molecule has 2 atom stereocenters. The van der Waals surface area contributed by atoms with Crippen LogP contribution in [0.25, 0.3) is 0 Å². The van der Waals surface area contributed by atoms with Gasteiger partial charge in [-0.3, -0.25) is 9.69 Å². The molecule has 6 nitrogen and oxygen atoms in total. The van der Waals surface area contributed by atoms with E-state index < -0.39 is 35.1 Å². The zero-order valence-corrected chi connectivity index (χ0v) is 14.7. The van der Waals surface area contributed by atoms with Gasteiger partial charge in [0.05, 0.1) is 5.56 Å². The molecule has 2 N–H and O–H groups in total. The molecule has 0 radical (unpaired) electrons. The Morgan fingerprint density at radius 2 is 2.00 bits per heavy atom. The highest BCUT2D eigenvalue weighted by atomic mass is 19.4. The molecule has 26 heavy (non-hydrogen) atoms. The van der Waals surface area contributed by atoms with Gasteiger partial charge in [-0.05, 0) is 38.5 Å². The number of carbonyl (C=O) groups is 2. The van der Waals surface area contributed by atoms with Crippen molar-refractivity contribution in [2.75, 3.05) is 11.9 Å². The van der Waals surface area contributed by atoms with Gasteiger partial charge in [-0.25, -0.2) is 4.79 Å². The number of hydrogen-bond acceptors (Lipinski definition) is 4. The summed E-state index contributed by atoms with van der Waals surface area (Å²) in [7, 11) is 0. The van der Waals surface area contributed by atoms with Crippen LogP contribution in [0.3, 0.4) is 0 Å². The Labute approximate surface area is 148 Å². The van der Waals surface area contributed by atoms with Gasteiger partial charge in [0.15, 0.2) is 11.3 Å². The molecule has 9 heteroatoms. The summed E-state index contributed by atoms with van der Waals surface area (Å²) >= 11 is 0. The predicted octanol–water partition coefficient (Wildman–Crippen LogP) is 3.36. The Balaban J connectivity index is 2.01. The number of hydrogen-bond donors (Lipinski definition) is 2. The molecule has 1 aromatic rings. The van der Waals surface area contributed by atoms with Crippen LogP contribution in [-0.4, -0.2) is 39.9 Å². The molecule has 1 fully saturated rings. The van der Waals surface area contributed by atoms with Crippen molar-refractivity contribution in [3.05, 3.63) is 29.8 Å². The number of benzene rings is 1. The van der Waals surface area contributed by atoms with E-state index in [1.54, 1.807) is 13.8 Å². The van der Waals surface area contributed by atoms with Gasteiger partial charge in [-0.1, -0.05) is 13.0 Å². The van der Waals surface area contributed by atoms with Crippen molar-refractivity contribution in [2.45, 2.75) is 51.1 Å². The summed E-state index contributed by atoms with van der Waals surface area (Å²) in [5, 5.41) is 13.0. The first-order valence-corrected chi connectivity index (χ1v) is 8.11. The molecule has 0 saturated carbocycles. The van der Waals surface area contributed by atoms with E-state index in [1.165, 1.54) is 19.1 Å². The Bertz CT molecular complexity index is 705. The molecule has 1 saturated heterocycles. The number of nitrogens with zero attached hydrogens (tertiary/aromatic N) is 1. The predicted molar refractivity (Wildman–Crippen MR) is 87.2 cm³/mol. The minimum absolute atomic E-state index is 0.000944. The van der Waals surface area contributed by atoms with Gasteiger partial charge >= 0.3 is 12.3 Å². The molecule has 0 aliphatic carbocycles. The van der Waals surface area contributed by atoms with Crippen molar-refractivity contribution < 1.29 is 32.6 Å². The van der Waals surface area contributed by atoms with Crippen molar-refractivity contribution in [3.8, 4) is 0 Å². The first-order chi connectivity index (χ1) is 11.9. The number of halogens is 3. The molecule has 0 aromatic heterocycles. The number of anilines is 1. The van der Waals surface area contributed by atoms with Crippen molar-refractivity contribution >= 4 is 17.7 Å². The van der Waals surface area contributed by atoms with Gasteiger partial charge in [0.1, 0.15) is 0 Å². The minimum atomic E-state index is -4.51. The number of aliphatic hydroxyl groups is 1. The summed E-state index contributed by atoms with van der Waals surface area (Å²) in [5.74, 6) is -0.585. The third-order valence-corrected chi connectivity index (χ3v) is 4.77. The fourth-order valence-corrected chi connectivity index (χ4v) is 2.73. The Kier molecular flexibility index (Phi) is 5.23. The van der Waals surface area contributed by atoms with E-state index in [2.05, 4.69) is 5.32 Å². The normalized spacial score (nSPS) is 26.0. The number of ether oxygens (including phenoxy) is 1. The lowest BCUT2D eigenvalue weighted by Gasteiger charge is -2.36. The second kappa shape index (κ2) is 6.79. The number of nitrogens with one attached hydrogen (secondary N) is 1. The summed E-state index contributed by atoms with van der Waals surface area (Å²) in [6, 6.07) is 4.25. The number of carbonyl (C=O) groups excluding carboxylic acids is 2. The molecule has 1 heterocycles. The number of rotatable bonds is 5. The molecule has 1 aliphatic rings. The lowest BCUT2D eigenvalue weighted by molar-refractivity contribution is -0.139. The standard InChI is InChI=1S/C17H21F3N2O4/c1-4-15(2)16(3,25)22(14(24)26-15)9-8-13(23)21-12-7-5-6-11(10-12)17(18,19)20/h5-7,10,25H,4,8-9H2,1-3H3,(H,21,23)/t15-,16-/m1/s1. The van der Waals surface area contributed by atoms with Crippen LogP contribution in [0.1, 0.15) is 39.2 Å². The summed E-state index contributed by atoms with van der Waals surface area (Å²) in [6.45, 7) is 4.64. The van der Waals surface area contributed by atoms with E-state index >= 15 is 0 Å². The summed E-state index contributed by atoms with van der Waals surface area (Å²) in [4.78, 5) is 25.0. The second-order valence-corrected chi connectivity index (χ2v) is 6.50. The molecule has 2 rings (SSSR count). The maximum atomic E-state index is 12.7. The van der Waals surface area contributed by atoms with Crippen LogP contribution in [0.15, 0.2) is 24.3 Å². The van der Waals surface area contributed by atoms with Crippen LogP contribution in [0.2, 0.25) is 0 Å². The van der Waals surface area contributed by atoms with E-state index in [1.807, 2.05) is 0 Å².